The summed E-state index contributed by atoms with van der Waals surface area (Å²) in [6.45, 7) is -0.424. The number of rotatable bonds is 6. The zero-order valence-corrected chi connectivity index (χ0v) is 11.9. The van der Waals surface area contributed by atoms with Gasteiger partial charge < -0.3 is 9.84 Å². The van der Waals surface area contributed by atoms with Gasteiger partial charge in [-0.2, -0.15) is 5.10 Å². The van der Waals surface area contributed by atoms with Gasteiger partial charge in [0.05, 0.1) is 11.8 Å². The Bertz CT molecular complexity index is 729. The minimum absolute atomic E-state index is 0.0953. The molecule has 0 atom stereocenters. The van der Waals surface area contributed by atoms with Crippen molar-refractivity contribution in [2.24, 2.45) is 5.10 Å². The van der Waals surface area contributed by atoms with Crippen LogP contribution in [0.4, 0.5) is 4.39 Å². The van der Waals surface area contributed by atoms with Gasteiger partial charge in [0, 0.05) is 0 Å². The second-order valence-electron chi connectivity index (χ2n) is 4.43. The van der Waals surface area contributed by atoms with Gasteiger partial charge in [0.25, 0.3) is 5.91 Å². The average Bonchev–Trinajstić information content (AvgIpc) is 2.54. The molecule has 0 fully saturated rings. The maximum Gasteiger partial charge on any atom is 0.341 e. The molecule has 0 aliphatic carbocycles. The van der Waals surface area contributed by atoms with Crippen molar-refractivity contribution in [1.82, 2.24) is 5.43 Å². The number of benzene rings is 2. The van der Waals surface area contributed by atoms with Gasteiger partial charge in [0.15, 0.2) is 6.61 Å². The monoisotopic (exact) mass is 316 g/mol. The molecular weight excluding hydrogens is 303 g/mol. The quantitative estimate of drug-likeness (QED) is 0.630. The van der Waals surface area contributed by atoms with E-state index in [0.717, 1.165) is 0 Å². The van der Waals surface area contributed by atoms with E-state index in [2.05, 4.69) is 10.5 Å². The standard InChI is InChI=1S/C16H13FN2O4/c17-14-4-2-1-3-13(14)16(22)19-18-9-11-5-7-12(8-6-11)23-10-15(20)21/h1-9H,10H2,(H,19,22)(H,20,21)/b18-9+. The van der Waals surface area contributed by atoms with Crippen molar-refractivity contribution in [3.8, 4) is 5.75 Å². The summed E-state index contributed by atoms with van der Waals surface area (Å²) in [5.74, 6) is -1.94. The van der Waals surface area contributed by atoms with Crippen LogP contribution in [-0.2, 0) is 4.79 Å². The van der Waals surface area contributed by atoms with E-state index in [1.165, 1.54) is 24.4 Å². The molecule has 0 aromatic heterocycles. The van der Waals surface area contributed by atoms with Crippen molar-refractivity contribution in [2.45, 2.75) is 0 Å². The normalized spacial score (nSPS) is 10.5. The van der Waals surface area contributed by atoms with Crippen LogP contribution < -0.4 is 10.2 Å². The lowest BCUT2D eigenvalue weighted by molar-refractivity contribution is -0.139. The molecule has 6 nitrogen and oxygen atoms in total. The van der Waals surface area contributed by atoms with Crippen LogP contribution in [-0.4, -0.2) is 29.8 Å². The molecule has 2 N–H and O–H groups in total. The fraction of sp³-hybridized carbons (Fsp3) is 0.0625. The van der Waals surface area contributed by atoms with E-state index < -0.39 is 24.3 Å². The van der Waals surface area contributed by atoms with Crippen LogP contribution in [0.15, 0.2) is 53.6 Å². The second-order valence-corrected chi connectivity index (χ2v) is 4.43. The zero-order chi connectivity index (χ0) is 16.7. The first-order valence-corrected chi connectivity index (χ1v) is 6.59. The molecule has 0 radical (unpaired) electrons. The van der Waals surface area contributed by atoms with E-state index in [0.29, 0.717) is 11.3 Å². The predicted octanol–water partition coefficient (Wildman–Crippen LogP) is 2.05. The van der Waals surface area contributed by atoms with Gasteiger partial charge in [0.1, 0.15) is 11.6 Å². The van der Waals surface area contributed by atoms with Crippen molar-refractivity contribution in [3.05, 3.63) is 65.5 Å². The molecule has 2 aromatic carbocycles. The molecule has 2 rings (SSSR count). The number of carboxylic acid groups (broad SMARTS) is 1. The van der Waals surface area contributed by atoms with Crippen LogP contribution in [0.5, 0.6) is 5.75 Å². The molecule has 118 valence electrons. The molecule has 0 spiro atoms. The molecule has 23 heavy (non-hydrogen) atoms. The van der Waals surface area contributed by atoms with Gasteiger partial charge in [0.2, 0.25) is 0 Å². The number of hydrogen-bond donors (Lipinski definition) is 2. The van der Waals surface area contributed by atoms with Crippen molar-refractivity contribution in [1.29, 1.82) is 0 Å². The van der Waals surface area contributed by atoms with Crippen LogP contribution >= 0.6 is 0 Å². The molecule has 1 amide bonds. The lowest BCUT2D eigenvalue weighted by Crippen LogP contribution is -2.18. The second kappa shape index (κ2) is 7.69. The van der Waals surface area contributed by atoms with E-state index in [1.54, 1.807) is 30.3 Å². The lowest BCUT2D eigenvalue weighted by Gasteiger charge is -2.03. The number of nitrogens with zero attached hydrogens (tertiary/aromatic N) is 1. The van der Waals surface area contributed by atoms with Gasteiger partial charge in [-0.1, -0.05) is 12.1 Å². The Morgan fingerprint density at radius 1 is 1.17 bits per heavy atom. The maximum atomic E-state index is 13.4. The first kappa shape index (κ1) is 16.2. The van der Waals surface area contributed by atoms with Gasteiger partial charge in [-0.15, -0.1) is 0 Å². The minimum atomic E-state index is -1.06. The highest BCUT2D eigenvalue weighted by molar-refractivity contribution is 5.95. The first-order chi connectivity index (χ1) is 11.1. The molecule has 0 aliphatic heterocycles. The molecule has 0 bridgehead atoms. The van der Waals surface area contributed by atoms with E-state index >= 15 is 0 Å². The molecular formula is C16H13FN2O4. The summed E-state index contributed by atoms with van der Waals surface area (Å²) in [6, 6.07) is 12.0. The number of halogens is 1. The van der Waals surface area contributed by atoms with Crippen LogP contribution in [0.1, 0.15) is 15.9 Å². The molecule has 0 unspecified atom stereocenters. The fourth-order valence-corrected chi connectivity index (χ4v) is 1.67. The van der Waals surface area contributed by atoms with Gasteiger partial charge >= 0.3 is 5.97 Å². The Morgan fingerprint density at radius 2 is 1.87 bits per heavy atom. The molecule has 0 saturated carbocycles. The average molecular weight is 316 g/mol. The maximum absolute atomic E-state index is 13.4. The number of carbonyl (C=O) groups excluding carboxylic acids is 1. The summed E-state index contributed by atoms with van der Waals surface area (Å²) in [5, 5.41) is 12.2. The van der Waals surface area contributed by atoms with Crippen molar-refractivity contribution in [2.75, 3.05) is 6.61 Å². The molecule has 2 aromatic rings. The molecule has 7 heteroatoms. The fourth-order valence-electron chi connectivity index (χ4n) is 1.67. The van der Waals surface area contributed by atoms with E-state index in [9.17, 15) is 14.0 Å². The van der Waals surface area contributed by atoms with Gasteiger partial charge in [-0.25, -0.2) is 14.6 Å². The Morgan fingerprint density at radius 3 is 2.52 bits per heavy atom. The van der Waals surface area contributed by atoms with Crippen LogP contribution in [0.2, 0.25) is 0 Å². The van der Waals surface area contributed by atoms with Crippen molar-refractivity contribution >= 4 is 18.1 Å². The van der Waals surface area contributed by atoms with Crippen LogP contribution in [0.25, 0.3) is 0 Å². The summed E-state index contributed by atoms with van der Waals surface area (Å²) in [6.07, 6.45) is 1.37. The smallest absolute Gasteiger partial charge is 0.341 e. The number of amides is 1. The number of carboxylic acids is 1. The Labute approximate surface area is 131 Å². The van der Waals surface area contributed by atoms with Crippen LogP contribution in [0, 0.1) is 5.82 Å². The third-order valence-electron chi connectivity index (χ3n) is 2.74. The molecule has 0 aliphatic rings. The number of carbonyl (C=O) groups is 2. The predicted molar refractivity (Wildman–Crippen MR) is 81.0 cm³/mol. The van der Waals surface area contributed by atoms with E-state index in [4.69, 9.17) is 9.84 Å². The third kappa shape index (κ3) is 4.92. The summed E-state index contributed by atoms with van der Waals surface area (Å²) < 4.78 is 18.4. The highest BCUT2D eigenvalue weighted by Crippen LogP contribution is 2.11. The van der Waals surface area contributed by atoms with Crippen molar-refractivity contribution < 1.29 is 23.8 Å². The highest BCUT2D eigenvalue weighted by atomic mass is 19.1. The van der Waals surface area contributed by atoms with Gasteiger partial charge in [-0.05, 0) is 42.0 Å². The first-order valence-electron chi connectivity index (χ1n) is 6.59. The lowest BCUT2D eigenvalue weighted by atomic mass is 10.2. The largest absolute Gasteiger partial charge is 0.482 e. The Hall–Kier alpha value is -3.22. The number of aliphatic carboxylic acids is 1. The SMILES string of the molecule is O=C(O)COc1ccc(/C=N/NC(=O)c2ccccc2F)cc1. The number of hydrogen-bond acceptors (Lipinski definition) is 4. The van der Waals surface area contributed by atoms with Crippen molar-refractivity contribution in [3.63, 3.8) is 0 Å². The molecule has 0 saturated heterocycles. The van der Waals surface area contributed by atoms with Crippen LogP contribution in [0.3, 0.4) is 0 Å². The minimum Gasteiger partial charge on any atom is -0.482 e. The summed E-state index contributed by atoms with van der Waals surface area (Å²) in [4.78, 5) is 22.1. The zero-order valence-electron chi connectivity index (χ0n) is 11.9. The summed E-state index contributed by atoms with van der Waals surface area (Å²) in [7, 11) is 0. The number of ether oxygens (including phenoxy) is 1. The summed E-state index contributed by atoms with van der Waals surface area (Å²) in [5.41, 5.74) is 2.78. The summed E-state index contributed by atoms with van der Waals surface area (Å²) >= 11 is 0. The molecule has 0 heterocycles. The Kier molecular flexibility index (Phi) is 5.40. The van der Waals surface area contributed by atoms with Gasteiger partial charge in [-0.3, -0.25) is 4.79 Å². The van der Waals surface area contributed by atoms with E-state index in [-0.39, 0.29) is 5.56 Å². The van der Waals surface area contributed by atoms with E-state index in [1.807, 2.05) is 0 Å². The number of hydrazone groups is 1. The Balaban J connectivity index is 1.92. The number of nitrogens with one attached hydrogen (secondary N) is 1. The topological polar surface area (TPSA) is 88.0 Å². The third-order valence-corrected chi connectivity index (χ3v) is 2.74. The highest BCUT2D eigenvalue weighted by Gasteiger charge is 2.09.